The highest BCUT2D eigenvalue weighted by atomic mass is 35.5. The molecule has 2 aliphatic rings. The summed E-state index contributed by atoms with van der Waals surface area (Å²) in [7, 11) is 0. The van der Waals surface area contributed by atoms with Crippen LogP contribution in [0.4, 0.5) is 0 Å². The summed E-state index contributed by atoms with van der Waals surface area (Å²) >= 11 is 6.19. The van der Waals surface area contributed by atoms with E-state index in [1.54, 1.807) is 53.6 Å². The lowest BCUT2D eigenvalue weighted by molar-refractivity contribution is -0.138. The van der Waals surface area contributed by atoms with E-state index in [9.17, 15) is 14.4 Å². The van der Waals surface area contributed by atoms with Gasteiger partial charge in [-0.15, -0.1) is 0 Å². The zero-order chi connectivity index (χ0) is 26.6. The molecule has 4 unspecified atom stereocenters. The lowest BCUT2D eigenvalue weighted by Crippen LogP contribution is -2.56. The maximum absolute atomic E-state index is 14.1. The summed E-state index contributed by atoms with van der Waals surface area (Å²) in [5.74, 6) is -2.37. The van der Waals surface area contributed by atoms with Crippen LogP contribution >= 0.6 is 11.6 Å². The Hall–Kier alpha value is -3.75. The molecule has 9 heteroatoms. The van der Waals surface area contributed by atoms with E-state index in [0.717, 1.165) is 18.4 Å². The molecule has 38 heavy (non-hydrogen) atoms. The summed E-state index contributed by atoms with van der Waals surface area (Å²) in [6.07, 6.45) is 4.59. The van der Waals surface area contributed by atoms with Crippen molar-refractivity contribution in [3.8, 4) is 0 Å². The van der Waals surface area contributed by atoms with Gasteiger partial charge in [0.15, 0.2) is 0 Å². The molecular formula is C29H29ClN4O4. The van der Waals surface area contributed by atoms with Crippen LogP contribution in [0.25, 0.3) is 0 Å². The lowest BCUT2D eigenvalue weighted by Gasteiger charge is -2.48. The number of halogens is 1. The Morgan fingerprint density at radius 2 is 1.76 bits per heavy atom. The van der Waals surface area contributed by atoms with Crippen LogP contribution in [0.15, 0.2) is 72.9 Å². The molecule has 3 aromatic rings. The summed E-state index contributed by atoms with van der Waals surface area (Å²) in [5.41, 5.74) is 10.8. The molecule has 0 radical (unpaired) electrons. The molecular weight excluding hydrogens is 504 g/mol. The Bertz CT molecular complexity index is 1320. The number of pyridine rings is 1. The molecule has 0 spiro atoms. The first-order valence-electron chi connectivity index (χ1n) is 12.7. The molecule has 3 amide bonds. The number of nitrogens with zero attached hydrogens (tertiary/aromatic N) is 2. The molecule has 5 rings (SSSR count). The van der Waals surface area contributed by atoms with Crippen molar-refractivity contribution in [3.63, 3.8) is 0 Å². The Kier molecular flexibility index (Phi) is 7.72. The molecule has 0 bridgehead atoms. The number of amides is 3. The second-order valence-corrected chi connectivity index (χ2v) is 10.1. The Morgan fingerprint density at radius 1 is 1.03 bits per heavy atom. The molecule has 3 N–H and O–H groups in total. The van der Waals surface area contributed by atoms with Crippen LogP contribution in [-0.4, -0.2) is 33.6 Å². The topological polar surface area (TPSA) is 115 Å². The van der Waals surface area contributed by atoms with Crippen LogP contribution in [0.3, 0.4) is 0 Å². The lowest BCUT2D eigenvalue weighted by atomic mass is 9.75. The van der Waals surface area contributed by atoms with Crippen molar-refractivity contribution in [1.29, 1.82) is 0 Å². The highest BCUT2D eigenvalue weighted by molar-refractivity contribution is 6.30. The number of fused-ring (bicyclic) bond motifs is 1. The predicted molar refractivity (Wildman–Crippen MR) is 142 cm³/mol. The predicted octanol–water partition coefficient (Wildman–Crippen LogP) is 4.31. The van der Waals surface area contributed by atoms with Crippen molar-refractivity contribution in [3.05, 3.63) is 100 Å². The van der Waals surface area contributed by atoms with E-state index in [4.69, 9.17) is 22.2 Å². The van der Waals surface area contributed by atoms with Crippen LogP contribution in [0, 0.1) is 5.92 Å². The minimum atomic E-state index is -0.802. The Balaban J connectivity index is 1.57. The first kappa shape index (κ1) is 25.9. The fraction of sp³-hybridized carbons (Fsp3) is 0.310. The molecule has 2 aromatic carbocycles. The Labute approximate surface area is 226 Å². The van der Waals surface area contributed by atoms with E-state index in [1.165, 1.54) is 0 Å². The molecule has 8 nitrogen and oxygen atoms in total. The van der Waals surface area contributed by atoms with Gasteiger partial charge in [0.25, 0.3) is 11.8 Å². The summed E-state index contributed by atoms with van der Waals surface area (Å²) in [6, 6.07) is 18.5. The van der Waals surface area contributed by atoms with Crippen LogP contribution < -0.4 is 11.2 Å². The number of rotatable bonds is 7. The number of nitrogens with one attached hydrogen (secondary N) is 1. The van der Waals surface area contributed by atoms with Crippen LogP contribution in [0.5, 0.6) is 0 Å². The van der Waals surface area contributed by atoms with Gasteiger partial charge in [-0.3, -0.25) is 24.2 Å². The van der Waals surface area contributed by atoms with E-state index >= 15 is 0 Å². The average Bonchev–Trinajstić information content (AvgIpc) is 2.94. The fourth-order valence-electron chi connectivity index (χ4n) is 5.72. The molecule has 1 aliphatic carbocycles. The molecule has 1 aliphatic heterocycles. The second kappa shape index (κ2) is 11.3. The van der Waals surface area contributed by atoms with Crippen molar-refractivity contribution in [1.82, 2.24) is 15.4 Å². The molecule has 2 heterocycles. The maximum atomic E-state index is 14.1. The molecule has 1 saturated carbocycles. The zero-order valence-corrected chi connectivity index (χ0v) is 21.5. The average molecular weight is 533 g/mol. The van der Waals surface area contributed by atoms with Crippen molar-refractivity contribution < 1.29 is 19.2 Å². The van der Waals surface area contributed by atoms with Crippen molar-refractivity contribution in [2.45, 2.75) is 50.3 Å². The molecule has 1 fully saturated rings. The molecule has 1 aromatic heterocycles. The highest BCUT2D eigenvalue weighted by Gasteiger charge is 2.49. The van der Waals surface area contributed by atoms with Crippen molar-refractivity contribution >= 4 is 29.3 Å². The number of carbonyl (C=O) groups excluding carboxylic acids is 3. The number of benzene rings is 2. The molecule has 0 saturated heterocycles. The first-order chi connectivity index (χ1) is 18.5. The van der Waals surface area contributed by atoms with Gasteiger partial charge in [-0.05, 0) is 54.3 Å². The number of aromatic nitrogens is 1. The van der Waals surface area contributed by atoms with E-state index in [0.29, 0.717) is 34.7 Å². The SMILES string of the molecule is NC(=O)C1CCCCC1N1C(=O)c2ccccc2C(C(=O)NOCc2ccccn2)C1c1ccc(Cl)cc1. The standard InChI is InChI=1S/C29H29ClN4O4/c30-19-14-12-18(13-15-19)26-25(28(36)33-38-17-20-7-5-6-16-32-20)21-8-1-2-9-22(21)29(37)34(26)24-11-4-3-10-23(24)27(31)35/h1-2,5-9,12-16,23-26H,3-4,10-11,17H2,(H2,31,35)(H,33,36). The number of hydrogen-bond donors (Lipinski definition) is 2. The summed E-state index contributed by atoms with van der Waals surface area (Å²) in [4.78, 5) is 51.9. The van der Waals surface area contributed by atoms with Gasteiger partial charge < -0.3 is 10.6 Å². The van der Waals surface area contributed by atoms with Gasteiger partial charge >= 0.3 is 0 Å². The van der Waals surface area contributed by atoms with Crippen LogP contribution in [-0.2, 0) is 21.0 Å². The zero-order valence-electron chi connectivity index (χ0n) is 20.8. The number of carbonyl (C=O) groups is 3. The summed E-state index contributed by atoms with van der Waals surface area (Å²) < 4.78 is 0. The molecule has 196 valence electrons. The van der Waals surface area contributed by atoms with Gasteiger partial charge in [-0.1, -0.05) is 60.8 Å². The minimum Gasteiger partial charge on any atom is -0.369 e. The van der Waals surface area contributed by atoms with E-state index < -0.39 is 35.7 Å². The van der Waals surface area contributed by atoms with Crippen LogP contribution in [0.2, 0.25) is 5.02 Å². The van der Waals surface area contributed by atoms with E-state index in [2.05, 4.69) is 10.5 Å². The summed E-state index contributed by atoms with van der Waals surface area (Å²) in [6.45, 7) is 0.0849. The maximum Gasteiger partial charge on any atom is 0.254 e. The number of primary amides is 1. The largest absolute Gasteiger partial charge is 0.369 e. The Morgan fingerprint density at radius 3 is 2.50 bits per heavy atom. The summed E-state index contributed by atoms with van der Waals surface area (Å²) in [5, 5.41) is 0.537. The number of hydrogen-bond acceptors (Lipinski definition) is 5. The second-order valence-electron chi connectivity index (χ2n) is 9.71. The number of nitrogens with two attached hydrogens (primary N) is 1. The normalized spacial score (nSPS) is 23.0. The minimum absolute atomic E-state index is 0.0849. The highest BCUT2D eigenvalue weighted by Crippen LogP contribution is 2.46. The van der Waals surface area contributed by atoms with Gasteiger partial charge in [-0.25, -0.2) is 5.48 Å². The number of hydroxylamine groups is 1. The quantitative estimate of drug-likeness (QED) is 0.440. The van der Waals surface area contributed by atoms with Gasteiger partial charge in [0, 0.05) is 22.8 Å². The first-order valence-corrected chi connectivity index (χ1v) is 13.1. The third-order valence-electron chi connectivity index (χ3n) is 7.44. The van der Waals surface area contributed by atoms with Crippen LogP contribution in [0.1, 0.15) is 64.8 Å². The fourth-order valence-corrected chi connectivity index (χ4v) is 5.84. The smallest absolute Gasteiger partial charge is 0.254 e. The van der Waals surface area contributed by atoms with E-state index in [1.807, 2.05) is 24.3 Å². The third kappa shape index (κ3) is 5.14. The van der Waals surface area contributed by atoms with Crippen molar-refractivity contribution in [2.24, 2.45) is 11.7 Å². The van der Waals surface area contributed by atoms with Gasteiger partial charge in [0.1, 0.15) is 6.61 Å². The van der Waals surface area contributed by atoms with E-state index in [-0.39, 0.29) is 12.5 Å². The van der Waals surface area contributed by atoms with Gasteiger partial charge in [-0.2, -0.15) is 0 Å². The third-order valence-corrected chi connectivity index (χ3v) is 7.69. The van der Waals surface area contributed by atoms with Gasteiger partial charge in [0.2, 0.25) is 5.91 Å². The van der Waals surface area contributed by atoms with Crippen molar-refractivity contribution in [2.75, 3.05) is 0 Å². The van der Waals surface area contributed by atoms with Gasteiger partial charge in [0.05, 0.1) is 23.6 Å². The monoisotopic (exact) mass is 532 g/mol. The molecule has 4 atom stereocenters.